The molecule has 0 rings (SSSR count). The molecule has 0 amide bonds. The smallest absolute Gasteiger partial charge is 0.348 e. The minimum atomic E-state index is -1.49. The van der Waals surface area contributed by atoms with Crippen molar-refractivity contribution in [3.8, 4) is 0 Å². The summed E-state index contributed by atoms with van der Waals surface area (Å²) >= 11 is 0. The van der Waals surface area contributed by atoms with Crippen LogP contribution in [0, 0.1) is 0 Å². The van der Waals surface area contributed by atoms with Crippen LogP contribution in [0.25, 0.3) is 0 Å². The van der Waals surface area contributed by atoms with Gasteiger partial charge in [-0.25, -0.2) is 4.79 Å². The van der Waals surface area contributed by atoms with E-state index in [1.54, 1.807) is 41.5 Å². The molecule has 8 nitrogen and oxygen atoms in total. The predicted molar refractivity (Wildman–Crippen MR) is 83.1 cm³/mol. The number of carboxylic acids is 1. The summed E-state index contributed by atoms with van der Waals surface area (Å²) in [5.41, 5.74) is -1.60. The van der Waals surface area contributed by atoms with Crippen LogP contribution in [0.15, 0.2) is 0 Å². The van der Waals surface area contributed by atoms with Crippen molar-refractivity contribution >= 4 is 23.9 Å². The summed E-state index contributed by atoms with van der Waals surface area (Å²) in [7, 11) is 0. The Kier molecular flexibility index (Phi) is 7.89. The number of ether oxygens (including phenoxy) is 3. The molecular weight excluding hydrogens is 320 g/mol. The van der Waals surface area contributed by atoms with E-state index in [4.69, 9.17) is 19.3 Å². The van der Waals surface area contributed by atoms with Crippen LogP contribution in [0.5, 0.6) is 0 Å². The lowest BCUT2D eigenvalue weighted by Crippen LogP contribution is -2.37. The van der Waals surface area contributed by atoms with Crippen LogP contribution in [-0.4, -0.2) is 46.3 Å². The molecule has 0 aliphatic carbocycles. The van der Waals surface area contributed by atoms with E-state index in [9.17, 15) is 19.2 Å². The number of rotatable bonds is 7. The molecule has 0 fully saturated rings. The van der Waals surface area contributed by atoms with Crippen LogP contribution in [0.2, 0.25) is 0 Å². The monoisotopic (exact) mass is 346 g/mol. The third-order valence-corrected chi connectivity index (χ3v) is 2.26. The van der Waals surface area contributed by atoms with Gasteiger partial charge in [-0.05, 0) is 41.5 Å². The molecule has 0 aliphatic heterocycles. The van der Waals surface area contributed by atoms with Gasteiger partial charge in [-0.15, -0.1) is 0 Å². The highest BCUT2D eigenvalue weighted by molar-refractivity contribution is 5.85. The number of carboxylic acid groups (broad SMARTS) is 1. The van der Waals surface area contributed by atoms with Gasteiger partial charge in [0.05, 0.1) is 19.3 Å². The standard InChI is InChI=1S/C16H26O8/c1-15(2,3)23-13(20)9-10(14(21)24-16(4,5)6)22-12(19)8-7-11(17)18/h10H,7-9H2,1-6H3,(H,17,18). The van der Waals surface area contributed by atoms with Crippen molar-refractivity contribution in [1.29, 1.82) is 0 Å². The molecule has 24 heavy (non-hydrogen) atoms. The van der Waals surface area contributed by atoms with Crippen LogP contribution < -0.4 is 0 Å². The first kappa shape index (κ1) is 21.9. The van der Waals surface area contributed by atoms with Crippen LogP contribution in [-0.2, 0) is 33.4 Å². The summed E-state index contributed by atoms with van der Waals surface area (Å²) in [6, 6.07) is 0. The Morgan fingerprint density at radius 3 is 1.75 bits per heavy atom. The van der Waals surface area contributed by atoms with Gasteiger partial charge in [0.25, 0.3) is 0 Å². The van der Waals surface area contributed by atoms with Crippen molar-refractivity contribution < 1.29 is 38.5 Å². The van der Waals surface area contributed by atoms with E-state index in [2.05, 4.69) is 0 Å². The summed E-state index contributed by atoms with van der Waals surface area (Å²) in [5, 5.41) is 8.56. The highest BCUT2D eigenvalue weighted by Crippen LogP contribution is 2.15. The zero-order chi connectivity index (χ0) is 19.1. The van der Waals surface area contributed by atoms with Gasteiger partial charge in [0.2, 0.25) is 6.10 Å². The van der Waals surface area contributed by atoms with Crippen molar-refractivity contribution in [2.75, 3.05) is 0 Å². The van der Waals surface area contributed by atoms with Gasteiger partial charge >= 0.3 is 23.9 Å². The Bertz CT molecular complexity index is 481. The second kappa shape index (κ2) is 8.65. The minimum Gasteiger partial charge on any atom is -0.481 e. The molecule has 0 aliphatic rings. The van der Waals surface area contributed by atoms with Gasteiger partial charge in [-0.2, -0.15) is 0 Å². The molecule has 138 valence electrons. The molecule has 0 aromatic carbocycles. The Morgan fingerprint density at radius 2 is 1.33 bits per heavy atom. The number of carbonyl (C=O) groups excluding carboxylic acids is 3. The maximum Gasteiger partial charge on any atom is 0.348 e. The number of aliphatic carboxylic acids is 1. The van der Waals surface area contributed by atoms with Gasteiger partial charge in [-0.1, -0.05) is 0 Å². The topological polar surface area (TPSA) is 116 Å². The second-order valence-corrected chi connectivity index (χ2v) is 7.20. The normalized spacial score (nSPS) is 12.9. The van der Waals surface area contributed by atoms with E-state index in [-0.39, 0.29) is 0 Å². The summed E-state index contributed by atoms with van der Waals surface area (Å²) in [6.07, 6.45) is -2.85. The molecule has 1 atom stereocenters. The Hall–Kier alpha value is -2.12. The first-order valence-corrected chi connectivity index (χ1v) is 7.55. The zero-order valence-corrected chi connectivity index (χ0v) is 15.0. The summed E-state index contributed by atoms with van der Waals surface area (Å²) < 4.78 is 15.1. The second-order valence-electron chi connectivity index (χ2n) is 7.20. The van der Waals surface area contributed by atoms with Crippen LogP contribution in [0.1, 0.15) is 60.8 Å². The average Bonchev–Trinajstić information content (AvgIpc) is 2.31. The Balaban J connectivity index is 4.95. The lowest BCUT2D eigenvalue weighted by molar-refractivity contribution is -0.181. The first-order chi connectivity index (χ1) is 10.7. The Labute approximate surface area is 141 Å². The molecule has 0 spiro atoms. The van der Waals surface area contributed by atoms with Crippen molar-refractivity contribution in [3.63, 3.8) is 0 Å². The fraction of sp³-hybridized carbons (Fsp3) is 0.750. The molecule has 0 saturated carbocycles. The van der Waals surface area contributed by atoms with Crippen LogP contribution >= 0.6 is 0 Å². The lowest BCUT2D eigenvalue weighted by Gasteiger charge is -2.25. The fourth-order valence-corrected chi connectivity index (χ4v) is 1.50. The molecule has 0 heterocycles. The molecule has 8 heteroatoms. The lowest BCUT2D eigenvalue weighted by atomic mass is 10.1. The van der Waals surface area contributed by atoms with Crippen LogP contribution in [0.3, 0.4) is 0 Å². The molecule has 0 bridgehead atoms. The van der Waals surface area contributed by atoms with Gasteiger partial charge in [0.1, 0.15) is 11.2 Å². The molecule has 0 radical (unpaired) electrons. The fourth-order valence-electron chi connectivity index (χ4n) is 1.50. The van der Waals surface area contributed by atoms with Crippen LogP contribution in [0.4, 0.5) is 0 Å². The quantitative estimate of drug-likeness (QED) is 0.548. The number of hydrogen-bond donors (Lipinski definition) is 1. The highest BCUT2D eigenvalue weighted by Gasteiger charge is 2.32. The minimum absolute atomic E-state index is 0.414. The van der Waals surface area contributed by atoms with E-state index in [0.717, 1.165) is 0 Å². The largest absolute Gasteiger partial charge is 0.481 e. The molecule has 1 unspecified atom stereocenters. The highest BCUT2D eigenvalue weighted by atomic mass is 16.6. The SMILES string of the molecule is CC(C)(C)OC(=O)CC(OC(=O)CCC(=O)O)C(=O)OC(C)(C)C. The third kappa shape index (κ3) is 11.4. The molecular formula is C16H26O8. The van der Waals surface area contributed by atoms with E-state index >= 15 is 0 Å². The van der Waals surface area contributed by atoms with Gasteiger partial charge in [0, 0.05) is 0 Å². The molecule has 0 aromatic heterocycles. The first-order valence-electron chi connectivity index (χ1n) is 7.55. The van der Waals surface area contributed by atoms with E-state index in [1.165, 1.54) is 0 Å². The van der Waals surface area contributed by atoms with E-state index < -0.39 is 60.4 Å². The van der Waals surface area contributed by atoms with Crippen molar-refractivity contribution in [1.82, 2.24) is 0 Å². The molecule has 0 saturated heterocycles. The maximum absolute atomic E-state index is 12.1. The predicted octanol–water partition coefficient (Wildman–Crippen LogP) is 1.84. The number of esters is 3. The summed E-state index contributed by atoms with van der Waals surface area (Å²) in [5.74, 6) is -3.70. The van der Waals surface area contributed by atoms with E-state index in [0.29, 0.717) is 0 Å². The molecule has 1 N–H and O–H groups in total. The van der Waals surface area contributed by atoms with Gasteiger partial charge in [-0.3, -0.25) is 14.4 Å². The average molecular weight is 346 g/mol. The van der Waals surface area contributed by atoms with E-state index in [1.807, 2.05) is 0 Å². The summed E-state index contributed by atoms with van der Waals surface area (Å²) in [6.45, 7) is 9.86. The van der Waals surface area contributed by atoms with Crippen molar-refractivity contribution in [3.05, 3.63) is 0 Å². The number of carbonyl (C=O) groups is 4. The summed E-state index contributed by atoms with van der Waals surface area (Å²) in [4.78, 5) is 46.1. The molecule has 0 aromatic rings. The Morgan fingerprint density at radius 1 is 0.833 bits per heavy atom. The van der Waals surface area contributed by atoms with Crippen molar-refractivity contribution in [2.45, 2.75) is 78.1 Å². The maximum atomic E-state index is 12.1. The van der Waals surface area contributed by atoms with Gasteiger partial charge in [0.15, 0.2) is 0 Å². The van der Waals surface area contributed by atoms with Crippen molar-refractivity contribution in [2.24, 2.45) is 0 Å². The third-order valence-electron chi connectivity index (χ3n) is 2.26. The zero-order valence-electron chi connectivity index (χ0n) is 15.0. The van der Waals surface area contributed by atoms with Gasteiger partial charge < -0.3 is 19.3 Å². The number of hydrogen-bond acceptors (Lipinski definition) is 7.